The molecule has 0 amide bonds. The number of nitrogens with one attached hydrogen (secondary N) is 1. The third kappa shape index (κ3) is 2.08. The molecule has 19 heavy (non-hydrogen) atoms. The van der Waals surface area contributed by atoms with Gasteiger partial charge in [0.05, 0.1) is 21.7 Å². The van der Waals surface area contributed by atoms with Crippen LogP contribution in [0.4, 0.5) is 0 Å². The summed E-state index contributed by atoms with van der Waals surface area (Å²) >= 11 is 17.7. The number of halogens is 2. The van der Waals surface area contributed by atoms with Crippen molar-refractivity contribution in [3.63, 3.8) is 0 Å². The summed E-state index contributed by atoms with van der Waals surface area (Å²) in [5.41, 5.74) is 3.93. The number of benzene rings is 2. The molecule has 0 aliphatic carbocycles. The minimum absolute atomic E-state index is 0.605. The van der Waals surface area contributed by atoms with Gasteiger partial charge in [-0.25, -0.2) is 0 Å². The molecule has 0 spiro atoms. The van der Waals surface area contributed by atoms with Gasteiger partial charge in [0.25, 0.3) is 0 Å². The lowest BCUT2D eigenvalue weighted by atomic mass is 10.2. The number of para-hydroxylation sites is 1. The Kier molecular flexibility index (Phi) is 3.13. The first kappa shape index (κ1) is 12.7. The highest BCUT2D eigenvalue weighted by Crippen LogP contribution is 2.29. The molecule has 96 valence electrons. The topological polar surface area (TPSA) is 20.7 Å². The first-order chi connectivity index (χ1) is 9.08. The van der Waals surface area contributed by atoms with E-state index in [2.05, 4.69) is 4.98 Å². The Bertz CT molecular complexity index is 833. The van der Waals surface area contributed by atoms with Gasteiger partial charge >= 0.3 is 0 Å². The predicted octanol–water partition coefficient (Wildman–Crippen LogP) is 5.30. The monoisotopic (exact) mass is 308 g/mol. The van der Waals surface area contributed by atoms with Crippen LogP contribution in [0.15, 0.2) is 36.4 Å². The number of hydrogen-bond acceptors (Lipinski definition) is 1. The maximum atomic E-state index is 6.27. The van der Waals surface area contributed by atoms with Gasteiger partial charge in [-0.1, -0.05) is 35.3 Å². The first-order valence-electron chi connectivity index (χ1n) is 5.73. The van der Waals surface area contributed by atoms with E-state index in [0.29, 0.717) is 14.8 Å². The van der Waals surface area contributed by atoms with Gasteiger partial charge in [-0.2, -0.15) is 0 Å². The van der Waals surface area contributed by atoms with E-state index in [1.165, 1.54) is 0 Å². The molecule has 0 radical (unpaired) electrons. The third-order valence-electron chi connectivity index (χ3n) is 3.06. The Morgan fingerprint density at radius 3 is 2.74 bits per heavy atom. The molecule has 0 fully saturated rings. The van der Waals surface area contributed by atoms with Crippen LogP contribution < -0.4 is 0 Å². The van der Waals surface area contributed by atoms with Crippen molar-refractivity contribution in [3.05, 3.63) is 56.8 Å². The maximum Gasteiger partial charge on any atom is 0.182 e. The zero-order valence-electron chi connectivity index (χ0n) is 10.1. The van der Waals surface area contributed by atoms with Crippen molar-refractivity contribution < 1.29 is 0 Å². The fourth-order valence-electron chi connectivity index (χ4n) is 2.22. The zero-order valence-corrected chi connectivity index (χ0v) is 12.4. The lowest BCUT2D eigenvalue weighted by Gasteiger charge is -2.09. The number of aryl methyl sites for hydroxylation is 1. The number of hydrogen-bond donors (Lipinski definition) is 1. The van der Waals surface area contributed by atoms with Crippen molar-refractivity contribution in [2.75, 3.05) is 0 Å². The molecule has 1 N–H and O–H groups in total. The number of fused-ring (bicyclic) bond motifs is 1. The Morgan fingerprint density at radius 2 is 1.95 bits per heavy atom. The second kappa shape index (κ2) is 4.67. The summed E-state index contributed by atoms with van der Waals surface area (Å²) in [7, 11) is 0. The minimum Gasteiger partial charge on any atom is -0.330 e. The standard InChI is InChI=1S/C14H10Cl2N2S/c1-8-3-2-4-11-13(8)18(14(19)17-11)12-7-9(15)5-6-10(12)16/h2-7H,1H3,(H,17,19). The van der Waals surface area contributed by atoms with Crippen LogP contribution in [-0.4, -0.2) is 9.55 Å². The van der Waals surface area contributed by atoms with Crippen LogP contribution in [-0.2, 0) is 0 Å². The summed E-state index contributed by atoms with van der Waals surface area (Å²) in [6, 6.07) is 11.4. The Morgan fingerprint density at radius 1 is 1.16 bits per heavy atom. The molecule has 2 aromatic carbocycles. The van der Waals surface area contributed by atoms with Crippen molar-refractivity contribution in [2.24, 2.45) is 0 Å². The molecule has 0 bridgehead atoms. The molecule has 0 saturated heterocycles. The van der Waals surface area contributed by atoms with Crippen molar-refractivity contribution in [2.45, 2.75) is 6.92 Å². The van der Waals surface area contributed by atoms with Crippen LogP contribution in [0.5, 0.6) is 0 Å². The van der Waals surface area contributed by atoms with E-state index in [1.54, 1.807) is 12.1 Å². The maximum absolute atomic E-state index is 6.27. The van der Waals surface area contributed by atoms with Gasteiger partial charge in [-0.3, -0.25) is 4.57 Å². The summed E-state index contributed by atoms with van der Waals surface area (Å²) in [6.45, 7) is 2.04. The molecule has 1 aromatic heterocycles. The Balaban J connectivity index is 2.46. The number of nitrogens with zero attached hydrogens (tertiary/aromatic N) is 1. The third-order valence-corrected chi connectivity index (χ3v) is 3.89. The molecular formula is C14H10Cl2N2S. The molecule has 0 atom stereocenters. The molecule has 3 rings (SSSR count). The number of H-pyrrole nitrogens is 1. The van der Waals surface area contributed by atoms with Gasteiger partial charge in [-0.15, -0.1) is 0 Å². The van der Waals surface area contributed by atoms with E-state index < -0.39 is 0 Å². The van der Waals surface area contributed by atoms with Gasteiger partial charge in [0, 0.05) is 5.02 Å². The van der Waals surface area contributed by atoms with E-state index in [1.807, 2.05) is 35.8 Å². The van der Waals surface area contributed by atoms with E-state index in [9.17, 15) is 0 Å². The second-order valence-electron chi connectivity index (χ2n) is 4.33. The average molecular weight is 309 g/mol. The average Bonchev–Trinajstić information content (AvgIpc) is 2.70. The number of aromatic nitrogens is 2. The largest absolute Gasteiger partial charge is 0.330 e. The summed E-state index contributed by atoms with van der Waals surface area (Å²) in [6.07, 6.45) is 0. The summed E-state index contributed by atoms with van der Waals surface area (Å²) in [5.74, 6) is 0. The normalized spacial score (nSPS) is 11.1. The van der Waals surface area contributed by atoms with Crippen molar-refractivity contribution in [3.8, 4) is 5.69 Å². The van der Waals surface area contributed by atoms with Crippen LogP contribution in [0.3, 0.4) is 0 Å². The van der Waals surface area contributed by atoms with Crippen LogP contribution in [0.25, 0.3) is 16.7 Å². The lowest BCUT2D eigenvalue weighted by Crippen LogP contribution is -1.96. The van der Waals surface area contributed by atoms with E-state index in [4.69, 9.17) is 35.4 Å². The Labute approximate surface area is 125 Å². The first-order valence-corrected chi connectivity index (χ1v) is 6.90. The predicted molar refractivity (Wildman–Crippen MR) is 83.2 cm³/mol. The molecule has 3 aromatic rings. The van der Waals surface area contributed by atoms with Gasteiger partial charge in [0.1, 0.15) is 0 Å². The molecule has 0 unspecified atom stereocenters. The fourth-order valence-corrected chi connectivity index (χ4v) is 2.88. The van der Waals surface area contributed by atoms with Crippen LogP contribution in [0, 0.1) is 11.7 Å². The smallest absolute Gasteiger partial charge is 0.182 e. The molecule has 5 heteroatoms. The summed E-state index contributed by atoms with van der Waals surface area (Å²) in [4.78, 5) is 3.19. The van der Waals surface area contributed by atoms with E-state index in [0.717, 1.165) is 22.3 Å². The fraction of sp³-hybridized carbons (Fsp3) is 0.0714. The molecule has 1 heterocycles. The Hall–Kier alpha value is -1.29. The molecule has 2 nitrogen and oxygen atoms in total. The van der Waals surface area contributed by atoms with Crippen molar-refractivity contribution in [1.82, 2.24) is 9.55 Å². The minimum atomic E-state index is 0.605. The lowest BCUT2D eigenvalue weighted by molar-refractivity contribution is 1.06. The van der Waals surface area contributed by atoms with Crippen molar-refractivity contribution in [1.29, 1.82) is 0 Å². The molecule has 0 aliphatic heterocycles. The number of rotatable bonds is 1. The number of aromatic amines is 1. The van der Waals surface area contributed by atoms with Crippen LogP contribution >= 0.6 is 35.4 Å². The van der Waals surface area contributed by atoms with Gasteiger partial charge in [0.15, 0.2) is 4.77 Å². The van der Waals surface area contributed by atoms with Gasteiger partial charge in [-0.05, 0) is 49.0 Å². The quantitative estimate of drug-likeness (QED) is 0.605. The molecule has 0 saturated carbocycles. The van der Waals surface area contributed by atoms with Gasteiger partial charge < -0.3 is 4.98 Å². The highest BCUT2D eigenvalue weighted by atomic mass is 35.5. The highest BCUT2D eigenvalue weighted by molar-refractivity contribution is 7.71. The second-order valence-corrected chi connectivity index (χ2v) is 5.56. The molecular weight excluding hydrogens is 299 g/mol. The zero-order chi connectivity index (χ0) is 13.6. The summed E-state index contributed by atoms with van der Waals surface area (Å²) in [5, 5.41) is 1.24. The molecule has 0 aliphatic rings. The number of imidazole rings is 1. The highest BCUT2D eigenvalue weighted by Gasteiger charge is 2.11. The van der Waals surface area contributed by atoms with E-state index in [-0.39, 0.29) is 0 Å². The van der Waals surface area contributed by atoms with Gasteiger partial charge in [0.2, 0.25) is 0 Å². The van der Waals surface area contributed by atoms with E-state index >= 15 is 0 Å². The summed E-state index contributed by atoms with van der Waals surface area (Å²) < 4.78 is 2.53. The van der Waals surface area contributed by atoms with Crippen LogP contribution in [0.1, 0.15) is 5.56 Å². The SMILES string of the molecule is Cc1cccc2[nH]c(=S)n(-c3cc(Cl)ccc3Cl)c12. The van der Waals surface area contributed by atoms with Crippen LogP contribution in [0.2, 0.25) is 10.0 Å². The van der Waals surface area contributed by atoms with Crippen molar-refractivity contribution >= 4 is 46.5 Å².